The first-order valence-electron chi connectivity index (χ1n) is 11.7. The van der Waals surface area contributed by atoms with Crippen molar-refractivity contribution < 1.29 is 18.3 Å². The maximum absolute atomic E-state index is 13.4. The fraction of sp³-hybridized carbons (Fsp3) is 0.148. The van der Waals surface area contributed by atoms with Gasteiger partial charge in [-0.3, -0.25) is 4.79 Å². The van der Waals surface area contributed by atoms with Crippen LogP contribution in [0.15, 0.2) is 92.0 Å². The number of sulfonamides is 1. The minimum atomic E-state index is -4.22. The van der Waals surface area contributed by atoms with Gasteiger partial charge in [0.2, 0.25) is 0 Å². The van der Waals surface area contributed by atoms with Crippen LogP contribution >= 0.6 is 0 Å². The van der Waals surface area contributed by atoms with E-state index < -0.39 is 15.6 Å². The van der Waals surface area contributed by atoms with Gasteiger partial charge in [0.25, 0.3) is 15.6 Å². The Balaban J connectivity index is 1.56. The number of ether oxygens (including phenoxy) is 1. The van der Waals surface area contributed by atoms with Gasteiger partial charge in [-0.1, -0.05) is 55.8 Å². The number of nitrogens with zero attached hydrogens (tertiary/aromatic N) is 3. The molecule has 188 valence electrons. The summed E-state index contributed by atoms with van der Waals surface area (Å²) in [6.07, 6.45) is 3.09. The quantitative estimate of drug-likeness (QED) is 0.349. The maximum Gasteiger partial charge on any atom is 0.286 e. The molecular formula is C27H24N4O5S. The smallest absolute Gasteiger partial charge is 0.286 e. The number of unbranched alkanes of at least 4 members (excludes halogenated alkanes) is 1. The van der Waals surface area contributed by atoms with E-state index in [1.165, 1.54) is 12.1 Å². The molecule has 1 aliphatic rings. The Morgan fingerprint density at radius 1 is 1.08 bits per heavy atom. The molecule has 2 N–H and O–H groups in total. The van der Waals surface area contributed by atoms with Crippen molar-refractivity contribution in [2.75, 3.05) is 5.32 Å². The molecule has 0 radical (unpaired) electrons. The molecular weight excluding hydrogens is 492 g/mol. The lowest BCUT2D eigenvalue weighted by Gasteiger charge is -2.20. The standard InChI is InChI=1S/C27H24N4O5S/c1-2-3-15-28-31-22-12-8-7-11-20(22)25(32)24(27(31)33)26-29-21-14-13-19(16-23(21)37(34,35)30-26)36-17-18-9-5-4-6-10-18/h4-16,32H,2-3,17H2,1H3,(H,29,30)/b28-15+. The Bertz CT molecular complexity index is 1710. The van der Waals surface area contributed by atoms with Crippen LogP contribution in [0.4, 0.5) is 5.69 Å². The summed E-state index contributed by atoms with van der Waals surface area (Å²) < 4.78 is 37.1. The highest BCUT2D eigenvalue weighted by Gasteiger charge is 2.30. The van der Waals surface area contributed by atoms with Crippen molar-refractivity contribution in [1.82, 2.24) is 4.68 Å². The average molecular weight is 517 g/mol. The number of para-hydroxylation sites is 1. The zero-order chi connectivity index (χ0) is 26.0. The van der Waals surface area contributed by atoms with E-state index in [0.29, 0.717) is 23.1 Å². The first-order valence-corrected chi connectivity index (χ1v) is 13.2. The van der Waals surface area contributed by atoms with E-state index in [4.69, 9.17) is 4.74 Å². The number of aromatic hydroxyl groups is 1. The maximum atomic E-state index is 13.4. The molecule has 0 atom stereocenters. The number of fused-ring (bicyclic) bond motifs is 2. The van der Waals surface area contributed by atoms with Gasteiger partial charge in [-0.2, -0.15) is 18.2 Å². The van der Waals surface area contributed by atoms with Gasteiger partial charge in [-0.05, 0) is 36.2 Å². The Kier molecular flexibility index (Phi) is 6.49. The summed E-state index contributed by atoms with van der Waals surface area (Å²) in [6, 6.07) is 20.7. The summed E-state index contributed by atoms with van der Waals surface area (Å²) in [4.78, 5) is 13.4. The molecule has 1 aromatic heterocycles. The average Bonchev–Trinajstić information content (AvgIpc) is 2.90. The van der Waals surface area contributed by atoms with Crippen LogP contribution in [0.3, 0.4) is 0 Å². The van der Waals surface area contributed by atoms with Crippen LogP contribution in [0.5, 0.6) is 11.5 Å². The first-order chi connectivity index (χ1) is 17.9. The van der Waals surface area contributed by atoms with Crippen molar-refractivity contribution in [3.05, 3.63) is 94.3 Å². The molecule has 0 bridgehead atoms. The third-order valence-electron chi connectivity index (χ3n) is 5.83. The lowest BCUT2D eigenvalue weighted by atomic mass is 10.1. The predicted octanol–water partition coefficient (Wildman–Crippen LogP) is 4.48. The molecule has 0 fully saturated rings. The summed E-state index contributed by atoms with van der Waals surface area (Å²) in [5.74, 6) is -0.304. The van der Waals surface area contributed by atoms with Gasteiger partial charge in [0.1, 0.15) is 28.6 Å². The van der Waals surface area contributed by atoms with Crippen molar-refractivity contribution in [3.8, 4) is 11.5 Å². The lowest BCUT2D eigenvalue weighted by Crippen LogP contribution is -2.31. The highest BCUT2D eigenvalue weighted by atomic mass is 32.2. The molecule has 10 heteroatoms. The SMILES string of the molecule is CCC/C=N/n1c(=O)c(C2=NS(=O)(=O)c3cc(OCc4ccccc4)ccc3N2)c(O)c2ccccc21. The zero-order valence-corrected chi connectivity index (χ0v) is 20.8. The van der Waals surface area contributed by atoms with E-state index in [-0.39, 0.29) is 34.3 Å². The second-order valence-corrected chi connectivity index (χ2v) is 9.99. The molecule has 0 amide bonds. The molecule has 2 heterocycles. The molecule has 0 saturated heterocycles. The monoisotopic (exact) mass is 516 g/mol. The summed E-state index contributed by atoms with van der Waals surface area (Å²) in [7, 11) is -4.22. The first kappa shape index (κ1) is 24.3. The largest absolute Gasteiger partial charge is 0.506 e. The normalized spacial score (nSPS) is 14.2. The van der Waals surface area contributed by atoms with E-state index in [1.54, 1.807) is 36.5 Å². The van der Waals surface area contributed by atoms with E-state index in [0.717, 1.165) is 16.7 Å². The van der Waals surface area contributed by atoms with Crippen molar-refractivity contribution in [3.63, 3.8) is 0 Å². The number of benzene rings is 3. The summed E-state index contributed by atoms with van der Waals surface area (Å²) in [5.41, 5.74) is 0.555. The van der Waals surface area contributed by atoms with E-state index in [1.807, 2.05) is 37.3 Å². The molecule has 4 aromatic rings. The zero-order valence-electron chi connectivity index (χ0n) is 20.0. The molecule has 0 spiro atoms. The number of anilines is 1. The highest BCUT2D eigenvalue weighted by molar-refractivity contribution is 7.90. The Morgan fingerprint density at radius 2 is 1.84 bits per heavy atom. The molecule has 37 heavy (non-hydrogen) atoms. The molecule has 5 rings (SSSR count). The topological polar surface area (TPSA) is 122 Å². The van der Waals surface area contributed by atoms with Crippen LogP contribution in [0.2, 0.25) is 0 Å². The molecule has 1 aliphatic heterocycles. The van der Waals surface area contributed by atoms with Crippen LogP contribution < -0.4 is 15.6 Å². The second kappa shape index (κ2) is 9.90. The van der Waals surface area contributed by atoms with Gasteiger partial charge in [0.15, 0.2) is 5.84 Å². The van der Waals surface area contributed by atoms with Crippen molar-refractivity contribution >= 4 is 38.7 Å². The predicted molar refractivity (Wildman–Crippen MR) is 143 cm³/mol. The van der Waals surface area contributed by atoms with Gasteiger partial charge in [0.05, 0.1) is 11.2 Å². The summed E-state index contributed by atoms with van der Waals surface area (Å²) in [5, 5.41) is 18.5. The van der Waals surface area contributed by atoms with E-state index in [2.05, 4.69) is 14.8 Å². The van der Waals surface area contributed by atoms with Crippen molar-refractivity contribution in [1.29, 1.82) is 0 Å². The third-order valence-corrected chi connectivity index (χ3v) is 7.14. The van der Waals surface area contributed by atoms with Crippen molar-refractivity contribution in [2.45, 2.75) is 31.3 Å². The van der Waals surface area contributed by atoms with E-state index >= 15 is 0 Å². The number of hydrogen-bond acceptors (Lipinski definition) is 7. The minimum Gasteiger partial charge on any atom is -0.506 e. The number of amidine groups is 1. The number of aromatic nitrogens is 1. The molecule has 0 saturated carbocycles. The molecule has 9 nitrogen and oxygen atoms in total. The van der Waals surface area contributed by atoms with Gasteiger partial charge < -0.3 is 15.2 Å². The van der Waals surface area contributed by atoms with Crippen LogP contribution in [0.1, 0.15) is 30.9 Å². The fourth-order valence-corrected chi connectivity index (χ4v) is 5.12. The number of hydrogen-bond donors (Lipinski definition) is 2. The van der Waals surface area contributed by atoms with Gasteiger partial charge >= 0.3 is 0 Å². The number of pyridine rings is 1. The Hall–Kier alpha value is -4.44. The van der Waals surface area contributed by atoms with Crippen LogP contribution in [-0.2, 0) is 16.6 Å². The Morgan fingerprint density at radius 3 is 2.62 bits per heavy atom. The van der Waals surface area contributed by atoms with Crippen LogP contribution in [0, 0.1) is 0 Å². The van der Waals surface area contributed by atoms with Gasteiger partial charge in [-0.15, -0.1) is 4.40 Å². The molecule has 0 unspecified atom stereocenters. The van der Waals surface area contributed by atoms with Gasteiger partial charge in [0, 0.05) is 17.7 Å². The highest BCUT2D eigenvalue weighted by Crippen LogP contribution is 2.34. The lowest BCUT2D eigenvalue weighted by molar-refractivity contribution is 0.305. The number of rotatable bonds is 7. The fourth-order valence-electron chi connectivity index (χ4n) is 3.98. The minimum absolute atomic E-state index is 0.0941. The summed E-state index contributed by atoms with van der Waals surface area (Å²) >= 11 is 0. The molecule has 3 aromatic carbocycles. The molecule has 0 aliphatic carbocycles. The number of nitrogens with one attached hydrogen (secondary N) is 1. The van der Waals surface area contributed by atoms with E-state index in [9.17, 15) is 18.3 Å². The van der Waals surface area contributed by atoms with Crippen molar-refractivity contribution in [2.24, 2.45) is 9.50 Å². The van der Waals surface area contributed by atoms with Gasteiger partial charge in [-0.25, -0.2) is 0 Å². The second-order valence-electron chi connectivity index (χ2n) is 8.42. The van der Waals surface area contributed by atoms with Crippen LogP contribution in [-0.4, -0.2) is 30.3 Å². The Labute approximate surface area is 213 Å². The third kappa shape index (κ3) is 4.70. The summed E-state index contributed by atoms with van der Waals surface area (Å²) in [6.45, 7) is 2.25. The van der Waals surface area contributed by atoms with Crippen LogP contribution in [0.25, 0.3) is 10.9 Å².